The molecule has 0 bridgehead atoms. The van der Waals surface area contributed by atoms with E-state index in [9.17, 15) is 0 Å². The Morgan fingerprint density at radius 3 is 1.46 bits per heavy atom. The van der Waals surface area contributed by atoms with E-state index >= 15 is 0 Å². The third-order valence-electron chi connectivity index (χ3n) is 16.7. The van der Waals surface area contributed by atoms with E-state index in [1.807, 2.05) is 19.1 Å². The number of allylic oxidation sites excluding steroid dienone is 4. The molecule has 3 heteroatoms. The number of anilines is 3. The molecule has 1 atom stereocenters. The van der Waals surface area contributed by atoms with Crippen LogP contribution in [0.3, 0.4) is 0 Å². The predicted octanol–water partition coefficient (Wildman–Crippen LogP) is 19.3. The average molecular weight is 998 g/mol. The maximum Gasteiger partial charge on any atom is 0.132 e. The highest BCUT2D eigenvalue weighted by Crippen LogP contribution is 2.64. The summed E-state index contributed by atoms with van der Waals surface area (Å²) in [5.41, 5.74) is 23.3. The summed E-state index contributed by atoms with van der Waals surface area (Å²) in [6.45, 7) is 6.43. The molecule has 2 aliphatic carbocycles. The van der Waals surface area contributed by atoms with Gasteiger partial charge in [0.05, 0.1) is 16.5 Å². The summed E-state index contributed by atoms with van der Waals surface area (Å²) in [6, 6.07) is 95.1. The van der Waals surface area contributed by atoms with Gasteiger partial charge in [0.25, 0.3) is 0 Å². The monoisotopic (exact) mass is 997 g/mol. The van der Waals surface area contributed by atoms with Gasteiger partial charge in [-0.1, -0.05) is 219 Å². The van der Waals surface area contributed by atoms with Crippen molar-refractivity contribution in [1.29, 1.82) is 0 Å². The molecule has 1 unspecified atom stereocenters. The van der Waals surface area contributed by atoms with E-state index in [1.54, 1.807) is 0 Å². The van der Waals surface area contributed by atoms with Gasteiger partial charge >= 0.3 is 0 Å². The molecule has 2 aliphatic heterocycles. The summed E-state index contributed by atoms with van der Waals surface area (Å²) in [7, 11) is 0. The molecule has 15 rings (SSSR count). The van der Waals surface area contributed by atoms with Gasteiger partial charge in [0.2, 0.25) is 0 Å². The van der Waals surface area contributed by atoms with Crippen molar-refractivity contribution in [2.45, 2.75) is 17.8 Å². The van der Waals surface area contributed by atoms with Gasteiger partial charge in [-0.25, -0.2) is 0 Å². The summed E-state index contributed by atoms with van der Waals surface area (Å²) in [6.07, 6.45) is 6.10. The number of hydrogen-bond acceptors (Lipinski definition) is 3. The summed E-state index contributed by atoms with van der Waals surface area (Å²) < 4.78 is 13.3. The second kappa shape index (κ2) is 17.8. The lowest BCUT2D eigenvalue weighted by atomic mass is 9.65. The fourth-order valence-electron chi connectivity index (χ4n) is 13.6. The maximum atomic E-state index is 6.65. The normalized spacial score (nSPS) is 15.6. The first kappa shape index (κ1) is 45.4. The summed E-state index contributed by atoms with van der Waals surface area (Å²) in [5, 5.41) is 0. The van der Waals surface area contributed by atoms with Gasteiger partial charge in [0.1, 0.15) is 23.0 Å². The Hall–Kier alpha value is -9.96. The largest absolute Gasteiger partial charge is 0.457 e. The van der Waals surface area contributed by atoms with Crippen molar-refractivity contribution in [3.8, 4) is 72.9 Å². The molecule has 78 heavy (non-hydrogen) atoms. The van der Waals surface area contributed by atoms with Crippen LogP contribution in [0.15, 0.2) is 297 Å². The number of fused-ring (bicyclic) bond motifs is 16. The summed E-state index contributed by atoms with van der Waals surface area (Å²) in [4.78, 5) is 2.43. The Labute approximate surface area is 455 Å². The van der Waals surface area contributed by atoms with Gasteiger partial charge < -0.3 is 14.4 Å². The fraction of sp³-hybridized carbons (Fsp3) is 0.0400. The van der Waals surface area contributed by atoms with Crippen LogP contribution in [0.25, 0.3) is 55.6 Å². The van der Waals surface area contributed by atoms with Crippen molar-refractivity contribution in [3.05, 3.63) is 336 Å². The minimum atomic E-state index is -0.590. The third kappa shape index (κ3) is 6.52. The molecule has 0 saturated heterocycles. The zero-order valence-electron chi connectivity index (χ0n) is 43.0. The molecule has 0 radical (unpaired) electrons. The first-order valence-electron chi connectivity index (χ1n) is 26.9. The van der Waals surface area contributed by atoms with Crippen LogP contribution < -0.4 is 14.4 Å². The molecule has 11 aromatic carbocycles. The molecule has 2 heterocycles. The lowest BCUT2D eigenvalue weighted by Gasteiger charge is -2.39. The van der Waals surface area contributed by atoms with Gasteiger partial charge in [-0.05, 0) is 146 Å². The molecular formula is C75H51NO2. The Morgan fingerprint density at radius 1 is 0.346 bits per heavy atom. The van der Waals surface area contributed by atoms with Gasteiger partial charge in [-0.3, -0.25) is 0 Å². The Balaban J connectivity index is 0.873. The minimum Gasteiger partial charge on any atom is -0.457 e. The summed E-state index contributed by atoms with van der Waals surface area (Å²) >= 11 is 0. The molecule has 3 nitrogen and oxygen atoms in total. The Bertz CT molecular complexity index is 4270. The van der Waals surface area contributed by atoms with E-state index in [2.05, 4.69) is 278 Å². The van der Waals surface area contributed by atoms with Gasteiger partial charge in [0.15, 0.2) is 0 Å². The lowest BCUT2D eigenvalue weighted by Crippen LogP contribution is -2.34. The first-order chi connectivity index (χ1) is 38.6. The molecule has 0 N–H and O–H groups in total. The van der Waals surface area contributed by atoms with Crippen molar-refractivity contribution in [3.63, 3.8) is 0 Å². The number of hydrogen-bond donors (Lipinski definition) is 0. The molecule has 0 fully saturated rings. The second-order valence-electron chi connectivity index (χ2n) is 20.6. The van der Waals surface area contributed by atoms with Crippen LogP contribution in [0, 0.1) is 0 Å². The van der Waals surface area contributed by atoms with E-state index < -0.39 is 10.8 Å². The predicted molar refractivity (Wildman–Crippen MR) is 319 cm³/mol. The van der Waals surface area contributed by atoms with Gasteiger partial charge in [-0.2, -0.15) is 0 Å². The van der Waals surface area contributed by atoms with Crippen LogP contribution in [0.4, 0.5) is 17.1 Å². The molecular weight excluding hydrogens is 947 g/mol. The highest BCUT2D eigenvalue weighted by atomic mass is 16.5. The highest BCUT2D eigenvalue weighted by molar-refractivity contribution is 5.96. The number of ether oxygens (including phenoxy) is 2. The smallest absolute Gasteiger partial charge is 0.132 e. The quantitative estimate of drug-likeness (QED) is 0.151. The standard InChI is InChI=1S/C75H51NO2/c1-3-21-70-61(4-2)74(66-31-13-17-35-71(66)77-70)62-29-11-8-27-57(62)59-47-52(40-44-64(59)74)50-38-42-54(43-39-50)76(55-25-20-24-51(46-55)49-22-6-5-7-23-49)69-34-16-10-26-56(69)53-41-45-65-60(48-53)58-28-9-12-30-63(58)75(65)67-32-14-18-36-72(67)78-73-37-19-15-33-68(73)75/h3-48H,2H2,1H3/b21-3-. The topological polar surface area (TPSA) is 21.7 Å². The van der Waals surface area contributed by atoms with E-state index in [0.29, 0.717) is 0 Å². The fourth-order valence-corrected chi connectivity index (χ4v) is 13.6. The van der Waals surface area contributed by atoms with Crippen molar-refractivity contribution < 1.29 is 9.47 Å². The molecule has 0 saturated carbocycles. The third-order valence-corrected chi connectivity index (χ3v) is 16.7. The van der Waals surface area contributed by atoms with Crippen molar-refractivity contribution in [1.82, 2.24) is 0 Å². The van der Waals surface area contributed by atoms with E-state index in [0.717, 1.165) is 90.2 Å². The second-order valence-corrected chi connectivity index (χ2v) is 20.6. The molecule has 2 spiro atoms. The minimum absolute atomic E-state index is 0.539. The van der Waals surface area contributed by atoms with Crippen LogP contribution in [-0.2, 0) is 10.8 Å². The van der Waals surface area contributed by atoms with E-state index in [4.69, 9.17) is 9.47 Å². The molecule has 0 amide bonds. The zero-order chi connectivity index (χ0) is 52.0. The van der Waals surface area contributed by atoms with Gasteiger partial charge in [0, 0.05) is 39.2 Å². The van der Waals surface area contributed by atoms with Crippen LogP contribution in [-0.4, -0.2) is 0 Å². The number of para-hydroxylation sites is 4. The average Bonchev–Trinajstić information content (AvgIpc) is 2.81. The van der Waals surface area contributed by atoms with Crippen LogP contribution in [0.2, 0.25) is 0 Å². The zero-order valence-corrected chi connectivity index (χ0v) is 43.0. The molecule has 368 valence electrons. The first-order valence-corrected chi connectivity index (χ1v) is 26.9. The maximum absolute atomic E-state index is 6.65. The molecule has 0 aromatic heterocycles. The van der Waals surface area contributed by atoms with Crippen molar-refractivity contribution >= 4 is 17.1 Å². The van der Waals surface area contributed by atoms with E-state index in [-0.39, 0.29) is 0 Å². The van der Waals surface area contributed by atoms with Crippen LogP contribution >= 0.6 is 0 Å². The van der Waals surface area contributed by atoms with Crippen LogP contribution in [0.5, 0.6) is 17.2 Å². The van der Waals surface area contributed by atoms with Crippen molar-refractivity contribution in [2.75, 3.05) is 4.90 Å². The van der Waals surface area contributed by atoms with Crippen LogP contribution in [0.1, 0.15) is 45.9 Å². The number of benzene rings is 11. The van der Waals surface area contributed by atoms with Crippen molar-refractivity contribution in [2.24, 2.45) is 0 Å². The summed E-state index contributed by atoms with van der Waals surface area (Å²) in [5.74, 6) is 3.46. The molecule has 4 aliphatic rings. The number of nitrogens with zero attached hydrogens (tertiary/aromatic N) is 1. The SMILES string of the molecule is C=CC1=C(/C=C\C)Oc2ccccc2C12c1ccccc1-c1cc(-c3ccc(N(c4cccc(-c5ccccc5)c4)c4ccccc4-c4ccc5c(c4)-c4ccccc4C54c5ccccc5Oc5ccccc54)cc3)ccc12. The van der Waals surface area contributed by atoms with Gasteiger partial charge in [-0.15, -0.1) is 0 Å². The van der Waals surface area contributed by atoms with E-state index in [1.165, 1.54) is 50.1 Å². The lowest BCUT2D eigenvalue weighted by molar-refractivity contribution is 0.403. The molecule has 11 aromatic rings. The Morgan fingerprint density at radius 2 is 0.808 bits per heavy atom. The Kier molecular flexibility index (Phi) is 10.4. The number of rotatable bonds is 8. The highest BCUT2D eigenvalue weighted by Gasteiger charge is 2.52.